The van der Waals surface area contributed by atoms with Gasteiger partial charge in [0.2, 0.25) is 6.29 Å². The highest BCUT2D eigenvalue weighted by atomic mass is 16.5. The molecule has 1 fully saturated rings. The maximum atomic E-state index is 9.87. The minimum Gasteiger partial charge on any atom is -0.379 e. The lowest BCUT2D eigenvalue weighted by molar-refractivity contribution is 0.0451. The fourth-order valence-corrected chi connectivity index (χ4v) is 0.851. The molecule has 1 rings (SSSR count). The number of nitrogens with zero attached hydrogens (tertiary/aromatic N) is 1. The largest absolute Gasteiger partial charge is 0.379 e. The minimum atomic E-state index is 0.434. The van der Waals surface area contributed by atoms with E-state index in [4.69, 9.17) is 4.74 Å². The van der Waals surface area contributed by atoms with Crippen LogP contribution in [0.5, 0.6) is 0 Å². The molecule has 51 valence electrons. The molecule has 0 amide bonds. The van der Waals surface area contributed by atoms with Crippen LogP contribution in [0.25, 0.3) is 0 Å². The molecular formula is C6H10NO2. The summed E-state index contributed by atoms with van der Waals surface area (Å²) in [5.74, 6) is 0. The third-order valence-electron chi connectivity index (χ3n) is 1.39. The van der Waals surface area contributed by atoms with Crippen molar-refractivity contribution >= 4 is 6.29 Å². The molecule has 0 N–H and O–H groups in total. The van der Waals surface area contributed by atoms with E-state index >= 15 is 0 Å². The third-order valence-corrected chi connectivity index (χ3v) is 1.39. The molecule has 1 aliphatic rings. The van der Waals surface area contributed by atoms with Crippen LogP contribution in [0.4, 0.5) is 0 Å². The van der Waals surface area contributed by atoms with E-state index in [9.17, 15) is 4.79 Å². The molecule has 3 heteroatoms. The minimum absolute atomic E-state index is 0.434. The van der Waals surface area contributed by atoms with Gasteiger partial charge in [-0.25, -0.2) is 0 Å². The van der Waals surface area contributed by atoms with E-state index in [0.717, 1.165) is 26.3 Å². The Hall–Kier alpha value is -0.410. The van der Waals surface area contributed by atoms with E-state index in [0.29, 0.717) is 6.54 Å². The summed E-state index contributed by atoms with van der Waals surface area (Å²) in [7, 11) is 0. The number of hydrogen-bond acceptors (Lipinski definition) is 3. The molecule has 9 heavy (non-hydrogen) atoms. The third kappa shape index (κ3) is 2.11. The second-order valence-corrected chi connectivity index (χ2v) is 2.03. The van der Waals surface area contributed by atoms with Crippen molar-refractivity contribution in [2.75, 3.05) is 32.8 Å². The van der Waals surface area contributed by atoms with Crippen LogP contribution in [0.2, 0.25) is 0 Å². The summed E-state index contributed by atoms with van der Waals surface area (Å²) in [6.07, 6.45) is 1.86. The molecule has 0 saturated carbocycles. The quantitative estimate of drug-likeness (QED) is 0.498. The zero-order valence-electron chi connectivity index (χ0n) is 5.30. The normalized spacial score (nSPS) is 21.8. The van der Waals surface area contributed by atoms with Crippen LogP contribution < -0.4 is 0 Å². The number of carbonyl (C=O) groups excluding carboxylic acids is 1. The Balaban J connectivity index is 2.15. The lowest BCUT2D eigenvalue weighted by Gasteiger charge is -2.23. The Morgan fingerprint density at radius 2 is 2.11 bits per heavy atom. The van der Waals surface area contributed by atoms with Gasteiger partial charge in [-0.2, -0.15) is 0 Å². The fraction of sp³-hybridized carbons (Fsp3) is 0.833. The molecule has 3 nitrogen and oxygen atoms in total. The topological polar surface area (TPSA) is 29.5 Å². The van der Waals surface area contributed by atoms with Gasteiger partial charge >= 0.3 is 0 Å². The summed E-state index contributed by atoms with van der Waals surface area (Å²) in [5, 5.41) is 0. The molecule has 1 heterocycles. The van der Waals surface area contributed by atoms with E-state index < -0.39 is 0 Å². The zero-order chi connectivity index (χ0) is 6.53. The van der Waals surface area contributed by atoms with E-state index in [1.165, 1.54) is 0 Å². The van der Waals surface area contributed by atoms with Gasteiger partial charge in [0, 0.05) is 13.1 Å². The fourth-order valence-electron chi connectivity index (χ4n) is 0.851. The molecule has 0 atom stereocenters. The molecule has 0 aromatic rings. The molecule has 0 spiro atoms. The summed E-state index contributed by atoms with van der Waals surface area (Å²) in [4.78, 5) is 11.9. The molecule has 0 unspecified atom stereocenters. The molecule has 0 aromatic carbocycles. The van der Waals surface area contributed by atoms with Gasteiger partial charge in [-0.05, 0) is 0 Å². The maximum Gasteiger partial charge on any atom is 0.213 e. The molecule has 1 saturated heterocycles. The first kappa shape index (κ1) is 6.71. The average Bonchev–Trinajstić information content (AvgIpc) is 1.91. The first-order valence-corrected chi connectivity index (χ1v) is 3.08. The van der Waals surface area contributed by atoms with Crippen molar-refractivity contribution < 1.29 is 9.53 Å². The molecule has 0 aliphatic carbocycles. The van der Waals surface area contributed by atoms with Crippen LogP contribution in [-0.4, -0.2) is 44.0 Å². The number of hydrogen-bond donors (Lipinski definition) is 0. The van der Waals surface area contributed by atoms with Gasteiger partial charge in [0.15, 0.2) is 0 Å². The van der Waals surface area contributed by atoms with Crippen molar-refractivity contribution in [1.29, 1.82) is 0 Å². The molecular weight excluding hydrogens is 118 g/mol. The van der Waals surface area contributed by atoms with Gasteiger partial charge in [0.05, 0.1) is 19.8 Å². The zero-order valence-corrected chi connectivity index (χ0v) is 5.30. The van der Waals surface area contributed by atoms with Crippen LogP contribution >= 0.6 is 0 Å². The van der Waals surface area contributed by atoms with Crippen LogP contribution in [0, 0.1) is 0 Å². The number of ether oxygens (including phenoxy) is 1. The number of rotatable bonds is 2. The Kier molecular flexibility index (Phi) is 2.67. The van der Waals surface area contributed by atoms with Crippen molar-refractivity contribution in [3.8, 4) is 0 Å². The molecule has 1 aliphatic heterocycles. The van der Waals surface area contributed by atoms with Gasteiger partial charge < -0.3 is 4.74 Å². The van der Waals surface area contributed by atoms with Crippen LogP contribution in [-0.2, 0) is 9.53 Å². The maximum absolute atomic E-state index is 9.87. The predicted octanol–water partition coefficient (Wildman–Crippen LogP) is -0.572. The monoisotopic (exact) mass is 128 g/mol. The van der Waals surface area contributed by atoms with Gasteiger partial charge in [-0.3, -0.25) is 9.69 Å². The van der Waals surface area contributed by atoms with Gasteiger partial charge in [-0.15, -0.1) is 0 Å². The SMILES string of the molecule is O=[C]CN1CCOCC1. The van der Waals surface area contributed by atoms with Crippen molar-refractivity contribution in [3.63, 3.8) is 0 Å². The van der Waals surface area contributed by atoms with Gasteiger partial charge in [0.1, 0.15) is 0 Å². The lowest BCUT2D eigenvalue weighted by atomic mass is 10.4. The van der Waals surface area contributed by atoms with E-state index in [1.807, 2.05) is 11.2 Å². The van der Waals surface area contributed by atoms with Crippen LogP contribution in [0.3, 0.4) is 0 Å². The summed E-state index contributed by atoms with van der Waals surface area (Å²) >= 11 is 0. The van der Waals surface area contributed by atoms with Gasteiger partial charge in [-0.1, -0.05) is 0 Å². The van der Waals surface area contributed by atoms with Crippen molar-refractivity contribution in [3.05, 3.63) is 0 Å². The first-order chi connectivity index (χ1) is 4.43. The summed E-state index contributed by atoms with van der Waals surface area (Å²) in [5.41, 5.74) is 0. The Morgan fingerprint density at radius 1 is 1.44 bits per heavy atom. The molecule has 0 bridgehead atoms. The van der Waals surface area contributed by atoms with E-state index in [-0.39, 0.29) is 0 Å². The second-order valence-electron chi connectivity index (χ2n) is 2.03. The van der Waals surface area contributed by atoms with Crippen LogP contribution in [0.15, 0.2) is 0 Å². The van der Waals surface area contributed by atoms with E-state index in [1.54, 1.807) is 0 Å². The molecule has 0 aromatic heterocycles. The van der Waals surface area contributed by atoms with E-state index in [2.05, 4.69) is 0 Å². The summed E-state index contributed by atoms with van der Waals surface area (Å²) in [6.45, 7) is 3.68. The van der Waals surface area contributed by atoms with Crippen molar-refractivity contribution in [2.45, 2.75) is 0 Å². The summed E-state index contributed by atoms with van der Waals surface area (Å²) in [6, 6.07) is 0. The van der Waals surface area contributed by atoms with Crippen molar-refractivity contribution in [2.24, 2.45) is 0 Å². The molecule has 1 radical (unpaired) electrons. The van der Waals surface area contributed by atoms with Crippen LogP contribution in [0.1, 0.15) is 0 Å². The highest BCUT2D eigenvalue weighted by molar-refractivity contribution is 5.52. The van der Waals surface area contributed by atoms with Gasteiger partial charge in [0.25, 0.3) is 0 Å². The first-order valence-electron chi connectivity index (χ1n) is 3.08. The van der Waals surface area contributed by atoms with Crippen molar-refractivity contribution in [1.82, 2.24) is 4.90 Å². The Labute approximate surface area is 54.6 Å². The smallest absolute Gasteiger partial charge is 0.213 e. The summed E-state index contributed by atoms with van der Waals surface area (Å²) < 4.78 is 5.07. The Morgan fingerprint density at radius 3 is 2.67 bits per heavy atom. The number of morpholine rings is 1. The predicted molar refractivity (Wildman–Crippen MR) is 33.0 cm³/mol. The highest BCUT2D eigenvalue weighted by Crippen LogP contribution is 1.93. The highest BCUT2D eigenvalue weighted by Gasteiger charge is 2.08. The lowest BCUT2D eigenvalue weighted by Crippen LogP contribution is -2.37. The average molecular weight is 128 g/mol. The second kappa shape index (κ2) is 3.58. The Bertz CT molecular complexity index is 89.1. The standard InChI is InChI=1S/C6H10NO2/c8-4-1-7-2-5-9-6-3-7/h1-3,5-6H2.